The predicted molar refractivity (Wildman–Crippen MR) is 85.6 cm³/mol. The third-order valence-corrected chi connectivity index (χ3v) is 3.90. The number of nitriles is 1. The Morgan fingerprint density at radius 2 is 2.19 bits per heavy atom. The van der Waals surface area contributed by atoms with E-state index >= 15 is 0 Å². The number of aromatic nitrogens is 1. The molecule has 1 N–H and O–H groups in total. The normalized spacial score (nSPS) is 10.1. The zero-order valence-electron chi connectivity index (χ0n) is 11.5. The van der Waals surface area contributed by atoms with Crippen LogP contribution in [0.4, 0.5) is 5.69 Å². The Bertz CT molecular complexity index is 625. The summed E-state index contributed by atoms with van der Waals surface area (Å²) in [6.07, 6.45) is 4.03. The van der Waals surface area contributed by atoms with Crippen LogP contribution in [0.1, 0.15) is 17.5 Å². The standard InChI is InChI=1S/C16H16BrN3O/c17-16-9-15(5-4-14(16)12-21)20(8-2-6-18)11-13-3-1-7-19-10-13/h1,3-5,7,9-10,21H,2,8,11-12H2. The third-order valence-electron chi connectivity index (χ3n) is 3.16. The molecular weight excluding hydrogens is 330 g/mol. The zero-order chi connectivity index (χ0) is 15.1. The first-order chi connectivity index (χ1) is 10.2. The highest BCUT2D eigenvalue weighted by Crippen LogP contribution is 2.25. The van der Waals surface area contributed by atoms with Gasteiger partial charge in [0, 0.05) is 35.6 Å². The number of hydrogen-bond acceptors (Lipinski definition) is 4. The van der Waals surface area contributed by atoms with Gasteiger partial charge in [0.2, 0.25) is 0 Å². The van der Waals surface area contributed by atoms with E-state index in [1.54, 1.807) is 6.20 Å². The highest BCUT2D eigenvalue weighted by Gasteiger charge is 2.09. The average Bonchev–Trinajstić information content (AvgIpc) is 2.52. The minimum absolute atomic E-state index is 0.00165. The van der Waals surface area contributed by atoms with Crippen LogP contribution in [0.15, 0.2) is 47.2 Å². The summed E-state index contributed by atoms with van der Waals surface area (Å²) >= 11 is 3.47. The number of benzene rings is 1. The summed E-state index contributed by atoms with van der Waals surface area (Å²) in [5.74, 6) is 0. The first-order valence-electron chi connectivity index (χ1n) is 6.64. The number of rotatable bonds is 6. The van der Waals surface area contributed by atoms with Crippen molar-refractivity contribution < 1.29 is 5.11 Å². The van der Waals surface area contributed by atoms with E-state index in [-0.39, 0.29) is 6.61 Å². The average molecular weight is 346 g/mol. The van der Waals surface area contributed by atoms with Crippen LogP contribution >= 0.6 is 15.9 Å². The molecule has 4 nitrogen and oxygen atoms in total. The summed E-state index contributed by atoms with van der Waals surface area (Å²) in [7, 11) is 0. The van der Waals surface area contributed by atoms with Gasteiger partial charge in [0.05, 0.1) is 19.1 Å². The van der Waals surface area contributed by atoms with Gasteiger partial charge >= 0.3 is 0 Å². The second-order valence-corrected chi connectivity index (χ2v) is 5.48. The zero-order valence-corrected chi connectivity index (χ0v) is 13.1. The molecule has 0 radical (unpaired) electrons. The summed E-state index contributed by atoms with van der Waals surface area (Å²) in [5, 5.41) is 18.1. The number of anilines is 1. The Kier molecular flexibility index (Phi) is 5.73. The molecule has 0 unspecified atom stereocenters. The van der Waals surface area contributed by atoms with Crippen LogP contribution in [0.2, 0.25) is 0 Å². The van der Waals surface area contributed by atoms with Gasteiger partial charge < -0.3 is 10.0 Å². The molecule has 1 aromatic heterocycles. The van der Waals surface area contributed by atoms with Crippen LogP contribution in [0.5, 0.6) is 0 Å². The molecule has 0 fully saturated rings. The van der Waals surface area contributed by atoms with Gasteiger partial charge in [-0.1, -0.05) is 28.1 Å². The van der Waals surface area contributed by atoms with Crippen LogP contribution < -0.4 is 4.90 Å². The molecule has 2 rings (SSSR count). The summed E-state index contributed by atoms with van der Waals surface area (Å²) in [5.41, 5.74) is 2.95. The first-order valence-corrected chi connectivity index (χ1v) is 7.44. The van der Waals surface area contributed by atoms with Crippen molar-refractivity contribution in [2.75, 3.05) is 11.4 Å². The number of pyridine rings is 1. The number of nitrogens with zero attached hydrogens (tertiary/aromatic N) is 3. The molecule has 0 atom stereocenters. The summed E-state index contributed by atoms with van der Waals surface area (Å²) in [6, 6.07) is 11.9. The number of halogens is 1. The molecule has 1 aromatic carbocycles. The van der Waals surface area contributed by atoms with Gasteiger partial charge in [0.1, 0.15) is 0 Å². The number of hydrogen-bond donors (Lipinski definition) is 1. The molecule has 0 spiro atoms. The molecule has 108 valence electrons. The van der Waals surface area contributed by atoms with Gasteiger partial charge in [0.15, 0.2) is 0 Å². The van der Waals surface area contributed by atoms with E-state index in [4.69, 9.17) is 5.26 Å². The van der Waals surface area contributed by atoms with E-state index < -0.39 is 0 Å². The molecule has 0 bridgehead atoms. The summed E-state index contributed by atoms with van der Waals surface area (Å²) in [6.45, 7) is 1.35. The topological polar surface area (TPSA) is 60.2 Å². The van der Waals surface area contributed by atoms with E-state index in [9.17, 15) is 5.11 Å². The van der Waals surface area contributed by atoms with Crippen LogP contribution in [-0.4, -0.2) is 16.6 Å². The molecule has 2 aromatic rings. The summed E-state index contributed by atoms with van der Waals surface area (Å²) in [4.78, 5) is 6.25. The van der Waals surface area contributed by atoms with Crippen LogP contribution in [0.3, 0.4) is 0 Å². The molecular formula is C16H16BrN3O. The van der Waals surface area contributed by atoms with Crippen LogP contribution in [-0.2, 0) is 13.2 Å². The van der Waals surface area contributed by atoms with Crippen molar-refractivity contribution >= 4 is 21.6 Å². The highest BCUT2D eigenvalue weighted by molar-refractivity contribution is 9.10. The van der Waals surface area contributed by atoms with Crippen molar-refractivity contribution in [3.05, 3.63) is 58.3 Å². The second-order valence-electron chi connectivity index (χ2n) is 4.62. The Labute approximate surface area is 132 Å². The van der Waals surface area contributed by atoms with E-state index in [1.807, 2.05) is 36.5 Å². The Hall–Kier alpha value is -1.90. The molecule has 5 heteroatoms. The summed E-state index contributed by atoms with van der Waals surface area (Å²) < 4.78 is 0.871. The van der Waals surface area contributed by atoms with Crippen molar-refractivity contribution in [3.63, 3.8) is 0 Å². The van der Waals surface area contributed by atoms with Crippen molar-refractivity contribution in [2.24, 2.45) is 0 Å². The molecule has 1 heterocycles. The Morgan fingerprint density at radius 1 is 1.33 bits per heavy atom. The molecule has 0 aliphatic heterocycles. The SMILES string of the molecule is N#CCCN(Cc1cccnc1)c1ccc(CO)c(Br)c1. The predicted octanol–water partition coefficient (Wildman–Crippen LogP) is 3.26. The van der Waals surface area contributed by atoms with Gasteiger partial charge in [-0.2, -0.15) is 5.26 Å². The third kappa shape index (κ3) is 4.28. The monoisotopic (exact) mass is 345 g/mol. The van der Waals surface area contributed by atoms with E-state index in [1.165, 1.54) is 0 Å². The quantitative estimate of drug-likeness (QED) is 0.872. The maximum absolute atomic E-state index is 9.23. The van der Waals surface area contributed by atoms with Crippen molar-refractivity contribution in [1.82, 2.24) is 4.98 Å². The smallest absolute Gasteiger partial charge is 0.0692 e. The maximum atomic E-state index is 9.23. The molecule has 21 heavy (non-hydrogen) atoms. The fourth-order valence-electron chi connectivity index (χ4n) is 2.06. The fourth-order valence-corrected chi connectivity index (χ4v) is 2.55. The van der Waals surface area contributed by atoms with Gasteiger partial charge in [-0.25, -0.2) is 0 Å². The lowest BCUT2D eigenvalue weighted by Crippen LogP contribution is -2.23. The number of aliphatic hydroxyl groups is 1. The lowest BCUT2D eigenvalue weighted by molar-refractivity contribution is 0.281. The van der Waals surface area contributed by atoms with Gasteiger partial charge in [0.25, 0.3) is 0 Å². The Morgan fingerprint density at radius 3 is 2.81 bits per heavy atom. The van der Waals surface area contributed by atoms with E-state index in [0.29, 0.717) is 19.5 Å². The van der Waals surface area contributed by atoms with Gasteiger partial charge in [-0.15, -0.1) is 0 Å². The number of aliphatic hydroxyl groups excluding tert-OH is 1. The lowest BCUT2D eigenvalue weighted by atomic mass is 10.1. The second kappa shape index (κ2) is 7.77. The Balaban J connectivity index is 2.23. The van der Waals surface area contributed by atoms with Gasteiger partial charge in [-0.3, -0.25) is 4.98 Å². The van der Waals surface area contributed by atoms with Gasteiger partial charge in [-0.05, 0) is 29.3 Å². The molecule has 0 saturated heterocycles. The van der Waals surface area contributed by atoms with Crippen LogP contribution in [0, 0.1) is 11.3 Å². The largest absolute Gasteiger partial charge is 0.392 e. The molecule has 0 aliphatic carbocycles. The van der Waals surface area contributed by atoms with Crippen molar-refractivity contribution in [2.45, 2.75) is 19.6 Å². The molecule has 0 aliphatic rings. The first kappa shape index (κ1) is 15.5. The molecule has 0 amide bonds. The van der Waals surface area contributed by atoms with Crippen LogP contribution in [0.25, 0.3) is 0 Å². The van der Waals surface area contributed by atoms with Crippen molar-refractivity contribution in [1.29, 1.82) is 5.26 Å². The fraction of sp³-hybridized carbons (Fsp3) is 0.250. The van der Waals surface area contributed by atoms with E-state index in [0.717, 1.165) is 21.3 Å². The highest BCUT2D eigenvalue weighted by atomic mass is 79.9. The minimum Gasteiger partial charge on any atom is -0.392 e. The molecule has 0 saturated carbocycles. The van der Waals surface area contributed by atoms with Crippen molar-refractivity contribution in [3.8, 4) is 6.07 Å². The lowest BCUT2D eigenvalue weighted by Gasteiger charge is -2.24. The van der Waals surface area contributed by atoms with E-state index in [2.05, 4.69) is 31.9 Å². The maximum Gasteiger partial charge on any atom is 0.0692 e. The minimum atomic E-state index is 0.00165.